The number of aromatic carboxylic acids is 1. The summed E-state index contributed by atoms with van der Waals surface area (Å²) in [5.41, 5.74) is 3.03. The van der Waals surface area contributed by atoms with E-state index < -0.39 is 54.2 Å². The molecule has 7 nitrogen and oxygen atoms in total. The Balaban J connectivity index is 1.46. The minimum absolute atomic E-state index is 0.127. The molecular formula is C25H20F5N3O4. The molecule has 0 saturated heterocycles. The highest BCUT2D eigenvalue weighted by molar-refractivity contribution is 5.91. The van der Waals surface area contributed by atoms with Crippen molar-refractivity contribution in [3.63, 3.8) is 0 Å². The van der Waals surface area contributed by atoms with Gasteiger partial charge in [0.05, 0.1) is 0 Å². The van der Waals surface area contributed by atoms with E-state index in [-0.39, 0.29) is 17.2 Å². The zero-order valence-corrected chi connectivity index (χ0v) is 19.2. The van der Waals surface area contributed by atoms with Gasteiger partial charge in [-0.15, -0.1) is 0 Å². The van der Waals surface area contributed by atoms with E-state index in [1.54, 1.807) is 0 Å². The number of carboxylic acids is 1. The molecule has 1 aromatic heterocycles. The van der Waals surface area contributed by atoms with Gasteiger partial charge in [0.2, 0.25) is 0 Å². The van der Waals surface area contributed by atoms with Crippen molar-refractivity contribution in [2.75, 3.05) is 11.5 Å². The maximum absolute atomic E-state index is 14.4. The summed E-state index contributed by atoms with van der Waals surface area (Å²) in [5, 5.41) is 12.7. The van der Waals surface area contributed by atoms with E-state index in [0.29, 0.717) is 0 Å². The number of amides is 1. The van der Waals surface area contributed by atoms with Gasteiger partial charge in [0, 0.05) is 18.0 Å². The summed E-state index contributed by atoms with van der Waals surface area (Å²) >= 11 is 0. The summed E-state index contributed by atoms with van der Waals surface area (Å²) < 4.78 is 74.1. The molecule has 2 aliphatic rings. The van der Waals surface area contributed by atoms with Gasteiger partial charge in [0.1, 0.15) is 18.5 Å². The van der Waals surface area contributed by atoms with Crippen LogP contribution in [0.15, 0.2) is 54.6 Å². The van der Waals surface area contributed by atoms with E-state index in [9.17, 15) is 36.6 Å². The smallest absolute Gasteiger partial charge is 0.455 e. The van der Waals surface area contributed by atoms with Crippen molar-refractivity contribution in [3.8, 4) is 11.1 Å². The zero-order chi connectivity index (χ0) is 26.7. The second-order valence-corrected chi connectivity index (χ2v) is 9.03. The molecule has 0 bridgehead atoms. The predicted molar refractivity (Wildman–Crippen MR) is 121 cm³/mol. The van der Waals surface area contributed by atoms with Crippen LogP contribution in [0.25, 0.3) is 11.1 Å². The normalized spacial score (nSPS) is 19.2. The van der Waals surface area contributed by atoms with Crippen molar-refractivity contribution in [1.29, 1.82) is 0 Å². The van der Waals surface area contributed by atoms with Gasteiger partial charge in [-0.25, -0.2) is 14.3 Å². The van der Waals surface area contributed by atoms with Crippen LogP contribution in [-0.2, 0) is 4.74 Å². The molecule has 2 heterocycles. The van der Waals surface area contributed by atoms with E-state index in [0.717, 1.165) is 33.2 Å². The number of carbonyl (C=O) groups excluding carboxylic acids is 1. The highest BCUT2D eigenvalue weighted by Crippen LogP contribution is 2.49. The first-order valence-corrected chi connectivity index (χ1v) is 11.3. The molecule has 1 aliphatic carbocycles. The Morgan fingerprint density at radius 2 is 1.59 bits per heavy atom. The molecule has 5 rings (SSSR count). The number of carboxylic acid groups (broad SMARTS) is 1. The number of fused-ring (bicyclic) bond motifs is 4. The van der Waals surface area contributed by atoms with E-state index in [1.807, 2.05) is 48.5 Å². The van der Waals surface area contributed by atoms with Crippen LogP contribution in [0.2, 0.25) is 0 Å². The first-order chi connectivity index (χ1) is 17.4. The Morgan fingerprint density at radius 3 is 2.14 bits per heavy atom. The molecule has 1 N–H and O–H groups in total. The SMILES string of the molecule is C[C@@H]1C[C@H](C(F)(F)C(F)(F)F)n2nc(C(=O)O)cc2N1C(=O)OCC1c2ccccc2-c2ccccc21. The Bertz CT molecular complexity index is 1340. The van der Waals surface area contributed by atoms with E-state index in [1.165, 1.54) is 6.92 Å². The monoisotopic (exact) mass is 521 g/mol. The van der Waals surface area contributed by atoms with Crippen LogP contribution in [0.1, 0.15) is 46.9 Å². The molecule has 1 amide bonds. The van der Waals surface area contributed by atoms with Crippen LogP contribution in [0.3, 0.4) is 0 Å². The van der Waals surface area contributed by atoms with Crippen molar-refractivity contribution < 1.29 is 41.4 Å². The summed E-state index contributed by atoms with van der Waals surface area (Å²) in [6.07, 6.45) is -7.75. The number of alkyl halides is 5. The van der Waals surface area contributed by atoms with Crippen molar-refractivity contribution in [2.24, 2.45) is 0 Å². The quantitative estimate of drug-likeness (QED) is 0.435. The molecule has 0 unspecified atom stereocenters. The lowest BCUT2D eigenvalue weighted by Gasteiger charge is -2.40. The van der Waals surface area contributed by atoms with Crippen molar-refractivity contribution in [2.45, 2.75) is 43.4 Å². The van der Waals surface area contributed by atoms with Crippen LogP contribution in [0.4, 0.5) is 32.6 Å². The van der Waals surface area contributed by atoms with Crippen LogP contribution in [-0.4, -0.2) is 51.7 Å². The first kappa shape index (κ1) is 24.7. The lowest BCUT2D eigenvalue weighted by molar-refractivity contribution is -0.301. The number of halogens is 5. The van der Waals surface area contributed by atoms with Gasteiger partial charge in [-0.2, -0.15) is 27.1 Å². The van der Waals surface area contributed by atoms with Gasteiger partial charge in [-0.3, -0.25) is 4.90 Å². The summed E-state index contributed by atoms with van der Waals surface area (Å²) in [6.45, 7) is 1.16. The van der Waals surface area contributed by atoms with Gasteiger partial charge in [-0.1, -0.05) is 48.5 Å². The Labute approximate surface area is 207 Å². The summed E-state index contributed by atoms with van der Waals surface area (Å²) in [6, 6.07) is 12.2. The molecule has 0 fully saturated rings. The number of hydrogen-bond acceptors (Lipinski definition) is 4. The zero-order valence-electron chi connectivity index (χ0n) is 19.2. The third kappa shape index (κ3) is 3.91. The number of ether oxygens (including phenoxy) is 1. The molecule has 3 aromatic rings. The summed E-state index contributed by atoms with van der Waals surface area (Å²) in [4.78, 5) is 25.5. The maximum atomic E-state index is 14.4. The molecule has 2 aromatic carbocycles. The van der Waals surface area contributed by atoms with Gasteiger partial charge in [-0.05, 0) is 35.6 Å². The van der Waals surface area contributed by atoms with E-state index in [4.69, 9.17) is 4.74 Å². The number of carbonyl (C=O) groups is 2. The Hall–Kier alpha value is -3.96. The molecule has 194 valence electrons. The minimum Gasteiger partial charge on any atom is -0.476 e. The molecule has 12 heteroatoms. The fraction of sp³-hybridized carbons (Fsp3) is 0.320. The lowest BCUT2D eigenvalue weighted by Crippen LogP contribution is -2.53. The highest BCUT2D eigenvalue weighted by atomic mass is 19.4. The predicted octanol–water partition coefficient (Wildman–Crippen LogP) is 5.87. The van der Waals surface area contributed by atoms with E-state index in [2.05, 4.69) is 5.10 Å². The summed E-state index contributed by atoms with van der Waals surface area (Å²) in [5.74, 6) is -7.69. The maximum Gasteiger partial charge on any atom is 0.455 e. The number of rotatable bonds is 4. The van der Waals surface area contributed by atoms with Gasteiger partial charge >= 0.3 is 24.2 Å². The first-order valence-electron chi connectivity index (χ1n) is 11.3. The van der Waals surface area contributed by atoms with Crippen molar-refractivity contribution >= 4 is 17.9 Å². The third-order valence-electron chi connectivity index (χ3n) is 6.81. The molecule has 0 radical (unpaired) electrons. The Morgan fingerprint density at radius 1 is 1.03 bits per heavy atom. The number of aromatic nitrogens is 2. The molecular weight excluding hydrogens is 501 g/mol. The largest absolute Gasteiger partial charge is 0.476 e. The number of hydrogen-bond donors (Lipinski definition) is 1. The topological polar surface area (TPSA) is 84.7 Å². The van der Waals surface area contributed by atoms with Crippen LogP contribution in [0.5, 0.6) is 0 Å². The fourth-order valence-electron chi connectivity index (χ4n) is 5.08. The standard InChI is InChI=1S/C25H20F5N3O4/c1-13-10-20(24(26,27)25(28,29)30)33-21(11-19(31-33)22(34)35)32(13)23(36)37-12-18-16-8-4-2-6-14(16)15-7-3-5-9-17(15)18/h2-9,11,13,18,20H,10,12H2,1H3,(H,34,35)/t13-,20-/m1/s1. The molecule has 2 atom stereocenters. The van der Waals surface area contributed by atoms with Gasteiger partial charge in [0.15, 0.2) is 5.69 Å². The van der Waals surface area contributed by atoms with Gasteiger partial charge in [0.25, 0.3) is 0 Å². The second kappa shape index (κ2) is 8.56. The molecule has 0 saturated carbocycles. The van der Waals surface area contributed by atoms with Gasteiger partial charge < -0.3 is 9.84 Å². The number of anilines is 1. The molecule has 0 spiro atoms. The van der Waals surface area contributed by atoms with Crippen LogP contribution >= 0.6 is 0 Å². The second-order valence-electron chi connectivity index (χ2n) is 9.03. The molecule has 37 heavy (non-hydrogen) atoms. The summed E-state index contributed by atoms with van der Waals surface area (Å²) in [7, 11) is 0. The minimum atomic E-state index is -5.91. The molecule has 1 aliphatic heterocycles. The van der Waals surface area contributed by atoms with E-state index >= 15 is 0 Å². The van der Waals surface area contributed by atoms with Crippen LogP contribution < -0.4 is 4.90 Å². The lowest BCUT2D eigenvalue weighted by atomic mass is 9.98. The Kier molecular flexibility index (Phi) is 5.72. The fourth-order valence-corrected chi connectivity index (χ4v) is 5.08. The highest BCUT2D eigenvalue weighted by Gasteiger charge is 2.65. The van der Waals surface area contributed by atoms with Crippen molar-refractivity contribution in [1.82, 2.24) is 9.78 Å². The average Bonchev–Trinajstić information content (AvgIpc) is 3.41. The van der Waals surface area contributed by atoms with Crippen LogP contribution in [0, 0.1) is 0 Å². The number of nitrogens with zero attached hydrogens (tertiary/aromatic N) is 3. The number of benzene rings is 2. The average molecular weight is 521 g/mol. The third-order valence-corrected chi connectivity index (χ3v) is 6.81. The van der Waals surface area contributed by atoms with Crippen molar-refractivity contribution in [3.05, 3.63) is 71.4 Å².